The Hall–Kier alpha value is -1.88. The van der Waals surface area contributed by atoms with Gasteiger partial charge in [-0.3, -0.25) is 5.43 Å². The normalized spacial score (nSPS) is 10.9. The van der Waals surface area contributed by atoms with E-state index in [0.29, 0.717) is 6.61 Å². The van der Waals surface area contributed by atoms with Crippen molar-refractivity contribution in [2.75, 3.05) is 12.0 Å². The zero-order valence-corrected chi connectivity index (χ0v) is 12.8. The van der Waals surface area contributed by atoms with Gasteiger partial charge in [-0.05, 0) is 32.4 Å². The predicted molar refractivity (Wildman–Crippen MR) is 85.0 cm³/mol. The molecule has 0 fully saturated rings. The maximum Gasteiger partial charge on any atom is 0.203 e. The summed E-state index contributed by atoms with van der Waals surface area (Å²) in [6.45, 7) is 6.82. The van der Waals surface area contributed by atoms with Gasteiger partial charge in [0.15, 0.2) is 0 Å². The lowest BCUT2D eigenvalue weighted by atomic mass is 10.1. The van der Waals surface area contributed by atoms with Gasteiger partial charge in [-0.25, -0.2) is 4.98 Å². The van der Waals surface area contributed by atoms with Gasteiger partial charge in [-0.15, -0.1) is 11.3 Å². The van der Waals surface area contributed by atoms with Gasteiger partial charge in [-0.1, -0.05) is 18.6 Å². The van der Waals surface area contributed by atoms with E-state index < -0.39 is 0 Å². The van der Waals surface area contributed by atoms with E-state index in [1.54, 1.807) is 6.21 Å². The van der Waals surface area contributed by atoms with Crippen LogP contribution in [0.3, 0.4) is 0 Å². The van der Waals surface area contributed by atoms with Gasteiger partial charge < -0.3 is 4.74 Å². The second-order valence-corrected chi connectivity index (χ2v) is 5.41. The quantitative estimate of drug-likeness (QED) is 0.646. The largest absolute Gasteiger partial charge is 0.493 e. The number of hydrogen-bond acceptors (Lipinski definition) is 5. The van der Waals surface area contributed by atoms with Crippen LogP contribution in [0.1, 0.15) is 30.2 Å². The summed E-state index contributed by atoms with van der Waals surface area (Å²) in [6, 6.07) is 6.09. The molecule has 2 aromatic rings. The Morgan fingerprint density at radius 1 is 1.40 bits per heavy atom. The highest BCUT2D eigenvalue weighted by molar-refractivity contribution is 7.13. The van der Waals surface area contributed by atoms with E-state index in [0.717, 1.165) is 28.6 Å². The topological polar surface area (TPSA) is 46.5 Å². The first kappa shape index (κ1) is 14.5. The van der Waals surface area contributed by atoms with Crippen molar-refractivity contribution in [3.8, 4) is 5.75 Å². The van der Waals surface area contributed by atoms with Crippen molar-refractivity contribution in [2.24, 2.45) is 5.10 Å². The average molecular weight is 289 g/mol. The molecule has 0 spiro atoms. The Morgan fingerprint density at radius 3 is 2.95 bits per heavy atom. The Morgan fingerprint density at radius 2 is 2.25 bits per heavy atom. The van der Waals surface area contributed by atoms with Crippen molar-refractivity contribution in [3.63, 3.8) is 0 Å². The van der Waals surface area contributed by atoms with E-state index in [4.69, 9.17) is 4.74 Å². The summed E-state index contributed by atoms with van der Waals surface area (Å²) >= 11 is 1.54. The maximum atomic E-state index is 5.72. The highest BCUT2D eigenvalue weighted by atomic mass is 32.1. The van der Waals surface area contributed by atoms with E-state index >= 15 is 0 Å². The maximum absolute atomic E-state index is 5.72. The molecule has 20 heavy (non-hydrogen) atoms. The first-order valence-electron chi connectivity index (χ1n) is 6.63. The molecular formula is C15H19N3OS. The zero-order chi connectivity index (χ0) is 14.4. The molecule has 0 saturated heterocycles. The molecule has 0 atom stereocenters. The number of hydrazone groups is 1. The van der Waals surface area contributed by atoms with Crippen molar-refractivity contribution in [2.45, 2.75) is 27.2 Å². The molecule has 2 rings (SSSR count). The Balaban J connectivity index is 2.08. The lowest BCUT2D eigenvalue weighted by Gasteiger charge is -2.08. The van der Waals surface area contributed by atoms with Crippen molar-refractivity contribution in [3.05, 3.63) is 40.4 Å². The van der Waals surface area contributed by atoms with Gasteiger partial charge in [0.25, 0.3) is 0 Å². The van der Waals surface area contributed by atoms with E-state index in [9.17, 15) is 0 Å². The average Bonchev–Trinajstić information content (AvgIpc) is 2.84. The van der Waals surface area contributed by atoms with Crippen LogP contribution >= 0.6 is 11.3 Å². The number of nitrogens with zero attached hydrogens (tertiary/aromatic N) is 2. The fraction of sp³-hybridized carbons (Fsp3) is 0.333. The number of aromatic nitrogens is 1. The third-order valence-corrected chi connectivity index (χ3v) is 3.47. The van der Waals surface area contributed by atoms with Crippen LogP contribution in [0.5, 0.6) is 5.75 Å². The number of nitrogens with one attached hydrogen (secondary N) is 1. The molecule has 4 nitrogen and oxygen atoms in total. The third kappa shape index (κ3) is 4.06. The lowest BCUT2D eigenvalue weighted by Crippen LogP contribution is -1.99. The van der Waals surface area contributed by atoms with Crippen LogP contribution in [0.25, 0.3) is 0 Å². The van der Waals surface area contributed by atoms with E-state index in [1.807, 2.05) is 24.4 Å². The molecule has 106 valence electrons. The second kappa shape index (κ2) is 7.05. The molecular weight excluding hydrogens is 270 g/mol. The first-order chi connectivity index (χ1) is 9.69. The second-order valence-electron chi connectivity index (χ2n) is 4.55. The number of anilines is 1. The highest BCUT2D eigenvalue weighted by Crippen LogP contribution is 2.19. The monoisotopic (exact) mass is 289 g/mol. The molecule has 1 aromatic heterocycles. The number of aryl methyl sites for hydroxylation is 2. The van der Waals surface area contributed by atoms with Gasteiger partial charge in [0.1, 0.15) is 5.75 Å². The van der Waals surface area contributed by atoms with E-state index in [2.05, 4.69) is 35.4 Å². The van der Waals surface area contributed by atoms with Crippen LogP contribution in [0.15, 0.2) is 28.7 Å². The van der Waals surface area contributed by atoms with Crippen LogP contribution in [0, 0.1) is 13.8 Å². The zero-order valence-electron chi connectivity index (χ0n) is 12.0. The summed E-state index contributed by atoms with van der Waals surface area (Å²) < 4.78 is 5.72. The van der Waals surface area contributed by atoms with Crippen LogP contribution in [0.2, 0.25) is 0 Å². The first-order valence-corrected chi connectivity index (χ1v) is 7.51. The summed E-state index contributed by atoms with van der Waals surface area (Å²) in [5.41, 5.74) is 6.09. The van der Waals surface area contributed by atoms with Gasteiger partial charge in [-0.2, -0.15) is 5.10 Å². The number of benzene rings is 1. The molecule has 1 N–H and O–H groups in total. The molecule has 0 unspecified atom stereocenters. The number of hydrogen-bond donors (Lipinski definition) is 1. The van der Waals surface area contributed by atoms with Crippen molar-refractivity contribution in [1.82, 2.24) is 4.98 Å². The molecule has 0 aliphatic heterocycles. The van der Waals surface area contributed by atoms with Crippen molar-refractivity contribution in [1.29, 1.82) is 0 Å². The minimum absolute atomic E-state index is 0.711. The highest BCUT2D eigenvalue weighted by Gasteiger charge is 2.02. The molecule has 0 radical (unpaired) electrons. The van der Waals surface area contributed by atoms with Crippen LogP contribution in [-0.4, -0.2) is 17.8 Å². The van der Waals surface area contributed by atoms with Gasteiger partial charge in [0.05, 0.1) is 18.5 Å². The van der Waals surface area contributed by atoms with Gasteiger partial charge >= 0.3 is 0 Å². The number of rotatable bonds is 6. The Bertz CT molecular complexity index is 593. The van der Waals surface area contributed by atoms with Crippen molar-refractivity contribution < 1.29 is 4.74 Å². The van der Waals surface area contributed by atoms with Crippen molar-refractivity contribution >= 4 is 22.7 Å². The molecule has 0 amide bonds. The molecule has 1 heterocycles. The Labute approximate surface area is 123 Å². The van der Waals surface area contributed by atoms with E-state index in [-0.39, 0.29) is 0 Å². The summed E-state index contributed by atoms with van der Waals surface area (Å²) in [5, 5.41) is 7.01. The summed E-state index contributed by atoms with van der Waals surface area (Å²) in [5.74, 6) is 0.860. The predicted octanol–water partition coefficient (Wildman–Crippen LogP) is 3.99. The SMILES string of the molecule is CCCOc1ccc(C)cc1C=NNc1nc(C)cs1. The smallest absolute Gasteiger partial charge is 0.203 e. The summed E-state index contributed by atoms with van der Waals surface area (Å²) in [7, 11) is 0. The Kier molecular flexibility index (Phi) is 5.12. The summed E-state index contributed by atoms with van der Waals surface area (Å²) in [4.78, 5) is 4.29. The number of ether oxygens (including phenoxy) is 1. The van der Waals surface area contributed by atoms with Gasteiger partial charge in [0.2, 0.25) is 5.13 Å². The van der Waals surface area contributed by atoms with Gasteiger partial charge in [0, 0.05) is 10.9 Å². The molecule has 0 bridgehead atoms. The molecule has 5 heteroatoms. The van der Waals surface area contributed by atoms with E-state index in [1.165, 1.54) is 16.9 Å². The molecule has 0 aliphatic carbocycles. The number of thiazole rings is 1. The fourth-order valence-electron chi connectivity index (χ4n) is 1.67. The molecule has 0 saturated carbocycles. The van der Waals surface area contributed by atoms with Crippen LogP contribution in [-0.2, 0) is 0 Å². The molecule has 0 aliphatic rings. The minimum atomic E-state index is 0.711. The standard InChI is InChI=1S/C15H19N3OS/c1-4-7-19-14-6-5-11(2)8-13(14)9-16-18-15-17-12(3)10-20-15/h5-6,8-10H,4,7H2,1-3H3,(H,17,18). The van der Waals surface area contributed by atoms with Crippen LogP contribution in [0.4, 0.5) is 5.13 Å². The third-order valence-electron chi connectivity index (χ3n) is 2.61. The fourth-order valence-corrected chi connectivity index (χ4v) is 2.31. The summed E-state index contributed by atoms with van der Waals surface area (Å²) in [6.07, 6.45) is 2.76. The minimum Gasteiger partial charge on any atom is -0.493 e. The lowest BCUT2D eigenvalue weighted by molar-refractivity contribution is 0.317. The van der Waals surface area contributed by atoms with Crippen LogP contribution < -0.4 is 10.2 Å². The molecule has 1 aromatic carbocycles.